The number of nitrogens with zero attached hydrogens (tertiary/aromatic N) is 1. The maximum atomic E-state index is 13.3. The standard InChI is InChI=1S/C28H17F3N2O3/c29-28(30,31)23-13-4-5-14-24(23)33-26(34)20(17-32)16-19-9-2-6-15-25(19)36-27(35)22-12-7-10-18-8-1-3-11-21(18)22/h1-16H,(H,33,34). The second-order valence-corrected chi connectivity index (χ2v) is 7.62. The number of amides is 1. The van der Waals surface area contributed by atoms with Gasteiger partial charge in [0.05, 0.1) is 16.8 Å². The Bertz CT molecular complexity index is 1530. The van der Waals surface area contributed by atoms with Crippen LogP contribution in [0, 0.1) is 11.3 Å². The largest absolute Gasteiger partial charge is 0.422 e. The summed E-state index contributed by atoms with van der Waals surface area (Å²) in [5.41, 5.74) is -1.44. The smallest absolute Gasteiger partial charge is 0.418 e. The molecule has 0 aromatic heterocycles. The van der Waals surface area contributed by atoms with Gasteiger partial charge in [-0.25, -0.2) is 4.79 Å². The molecule has 0 bridgehead atoms. The third-order valence-electron chi connectivity index (χ3n) is 5.28. The summed E-state index contributed by atoms with van der Waals surface area (Å²) in [7, 11) is 0. The Morgan fingerprint density at radius 3 is 2.31 bits per heavy atom. The SMILES string of the molecule is N#CC(=Cc1ccccc1OC(=O)c1cccc2ccccc12)C(=O)Nc1ccccc1C(F)(F)F. The Balaban J connectivity index is 1.62. The number of hydrogen-bond donors (Lipinski definition) is 1. The van der Waals surface area contributed by atoms with E-state index in [9.17, 15) is 28.0 Å². The zero-order valence-corrected chi connectivity index (χ0v) is 18.5. The lowest BCUT2D eigenvalue weighted by Gasteiger charge is -2.13. The molecule has 178 valence electrons. The summed E-state index contributed by atoms with van der Waals surface area (Å²) >= 11 is 0. The quantitative estimate of drug-likeness (QED) is 0.149. The van der Waals surface area contributed by atoms with Crippen LogP contribution in [0.25, 0.3) is 16.8 Å². The van der Waals surface area contributed by atoms with Gasteiger partial charge in [0, 0.05) is 5.56 Å². The normalized spacial score (nSPS) is 11.6. The fraction of sp³-hybridized carbons (Fsp3) is 0.0357. The lowest BCUT2D eigenvalue weighted by atomic mass is 10.0. The number of fused-ring (bicyclic) bond motifs is 1. The van der Waals surface area contributed by atoms with Crippen LogP contribution in [0.2, 0.25) is 0 Å². The van der Waals surface area contributed by atoms with Crippen LogP contribution in [0.4, 0.5) is 18.9 Å². The van der Waals surface area contributed by atoms with Crippen molar-refractivity contribution in [3.8, 4) is 11.8 Å². The molecule has 0 saturated carbocycles. The minimum absolute atomic E-state index is 0.0756. The van der Waals surface area contributed by atoms with Crippen LogP contribution in [0.3, 0.4) is 0 Å². The van der Waals surface area contributed by atoms with Gasteiger partial charge in [-0.05, 0) is 41.1 Å². The van der Waals surface area contributed by atoms with Gasteiger partial charge >= 0.3 is 12.1 Å². The van der Waals surface area contributed by atoms with Gasteiger partial charge in [0.25, 0.3) is 5.91 Å². The molecule has 4 aromatic carbocycles. The summed E-state index contributed by atoms with van der Waals surface area (Å²) in [6.45, 7) is 0. The zero-order chi connectivity index (χ0) is 25.7. The van der Waals surface area contributed by atoms with E-state index in [1.165, 1.54) is 24.3 Å². The highest BCUT2D eigenvalue weighted by molar-refractivity contribution is 6.10. The minimum Gasteiger partial charge on any atom is -0.422 e. The van der Waals surface area contributed by atoms with Crippen molar-refractivity contribution < 1.29 is 27.5 Å². The van der Waals surface area contributed by atoms with Crippen molar-refractivity contribution in [2.24, 2.45) is 0 Å². The van der Waals surface area contributed by atoms with Crippen LogP contribution in [0.5, 0.6) is 5.75 Å². The van der Waals surface area contributed by atoms with Crippen LogP contribution in [-0.4, -0.2) is 11.9 Å². The summed E-state index contributed by atoms with van der Waals surface area (Å²) in [6.07, 6.45) is -3.54. The highest BCUT2D eigenvalue weighted by Gasteiger charge is 2.33. The number of esters is 1. The first-order chi connectivity index (χ1) is 17.3. The summed E-state index contributed by atoms with van der Waals surface area (Å²) in [5.74, 6) is -1.61. The van der Waals surface area contributed by atoms with Crippen molar-refractivity contribution in [3.63, 3.8) is 0 Å². The van der Waals surface area contributed by atoms with Crippen LogP contribution in [-0.2, 0) is 11.0 Å². The van der Waals surface area contributed by atoms with E-state index in [4.69, 9.17) is 4.74 Å². The molecule has 0 unspecified atom stereocenters. The van der Waals surface area contributed by atoms with Crippen molar-refractivity contribution >= 4 is 34.4 Å². The van der Waals surface area contributed by atoms with Crippen molar-refractivity contribution in [3.05, 3.63) is 113 Å². The molecule has 1 amide bonds. The lowest BCUT2D eigenvalue weighted by Crippen LogP contribution is -2.17. The molecule has 0 saturated heterocycles. The van der Waals surface area contributed by atoms with Gasteiger partial charge in [0.2, 0.25) is 0 Å². The molecule has 0 atom stereocenters. The first kappa shape index (κ1) is 24.2. The summed E-state index contributed by atoms with van der Waals surface area (Å²) in [6, 6.07) is 24.8. The molecule has 4 aromatic rings. The van der Waals surface area contributed by atoms with Crippen LogP contribution in [0.1, 0.15) is 21.5 Å². The maximum Gasteiger partial charge on any atom is 0.418 e. The average Bonchev–Trinajstić information content (AvgIpc) is 2.87. The number of carbonyl (C=O) groups excluding carboxylic acids is 2. The maximum absolute atomic E-state index is 13.3. The Morgan fingerprint density at radius 2 is 1.53 bits per heavy atom. The fourth-order valence-corrected chi connectivity index (χ4v) is 3.58. The van der Waals surface area contributed by atoms with E-state index < -0.39 is 34.9 Å². The summed E-state index contributed by atoms with van der Waals surface area (Å²) in [4.78, 5) is 25.6. The van der Waals surface area contributed by atoms with Crippen LogP contribution >= 0.6 is 0 Å². The number of nitriles is 1. The van der Waals surface area contributed by atoms with Gasteiger partial charge in [-0.15, -0.1) is 0 Å². The number of ether oxygens (including phenoxy) is 1. The molecule has 0 radical (unpaired) electrons. The van der Waals surface area contributed by atoms with Gasteiger partial charge in [0.1, 0.15) is 17.4 Å². The first-order valence-corrected chi connectivity index (χ1v) is 10.7. The Hall–Kier alpha value is -4.90. The van der Waals surface area contributed by atoms with E-state index in [-0.39, 0.29) is 11.3 Å². The third kappa shape index (κ3) is 5.26. The number of alkyl halides is 3. The van der Waals surface area contributed by atoms with Crippen molar-refractivity contribution in [1.82, 2.24) is 0 Å². The highest BCUT2D eigenvalue weighted by atomic mass is 19.4. The number of para-hydroxylation sites is 2. The van der Waals surface area contributed by atoms with Gasteiger partial charge < -0.3 is 10.1 Å². The molecule has 1 N–H and O–H groups in total. The Kier molecular flexibility index (Phi) is 6.84. The Morgan fingerprint density at radius 1 is 0.861 bits per heavy atom. The van der Waals surface area contributed by atoms with Crippen molar-refractivity contribution in [2.75, 3.05) is 5.32 Å². The number of carbonyl (C=O) groups is 2. The van der Waals surface area contributed by atoms with E-state index in [2.05, 4.69) is 5.32 Å². The first-order valence-electron chi connectivity index (χ1n) is 10.7. The molecule has 5 nitrogen and oxygen atoms in total. The number of halogens is 3. The van der Waals surface area contributed by atoms with Crippen molar-refractivity contribution in [1.29, 1.82) is 5.26 Å². The van der Waals surface area contributed by atoms with Gasteiger partial charge in [0.15, 0.2) is 0 Å². The molecule has 8 heteroatoms. The second kappa shape index (κ2) is 10.2. The van der Waals surface area contributed by atoms with Gasteiger partial charge in [-0.2, -0.15) is 18.4 Å². The fourth-order valence-electron chi connectivity index (χ4n) is 3.58. The van der Waals surface area contributed by atoms with E-state index in [1.54, 1.807) is 42.5 Å². The molecule has 0 aliphatic carbocycles. The molecule has 0 heterocycles. The third-order valence-corrected chi connectivity index (χ3v) is 5.28. The molecular weight excluding hydrogens is 469 g/mol. The average molecular weight is 486 g/mol. The monoisotopic (exact) mass is 486 g/mol. The molecule has 0 aliphatic rings. The highest BCUT2D eigenvalue weighted by Crippen LogP contribution is 2.35. The number of anilines is 1. The number of rotatable bonds is 5. The Labute approximate surface area is 204 Å². The number of nitrogens with one attached hydrogen (secondary N) is 1. The molecule has 0 spiro atoms. The number of hydrogen-bond acceptors (Lipinski definition) is 4. The van der Waals surface area contributed by atoms with Crippen LogP contribution < -0.4 is 10.1 Å². The van der Waals surface area contributed by atoms with E-state index in [0.717, 1.165) is 23.6 Å². The summed E-state index contributed by atoms with van der Waals surface area (Å²) < 4.78 is 45.4. The van der Waals surface area contributed by atoms with E-state index >= 15 is 0 Å². The molecule has 4 rings (SSSR count). The predicted molar refractivity (Wildman–Crippen MR) is 129 cm³/mol. The van der Waals surface area contributed by atoms with E-state index in [1.807, 2.05) is 18.2 Å². The van der Waals surface area contributed by atoms with Crippen LogP contribution in [0.15, 0.2) is 96.6 Å². The van der Waals surface area contributed by atoms with E-state index in [0.29, 0.717) is 10.9 Å². The molecule has 36 heavy (non-hydrogen) atoms. The lowest BCUT2D eigenvalue weighted by molar-refractivity contribution is -0.137. The minimum atomic E-state index is -4.69. The molecule has 0 fully saturated rings. The predicted octanol–water partition coefficient (Wildman–Crippen LogP) is 6.62. The zero-order valence-electron chi connectivity index (χ0n) is 18.5. The number of benzene rings is 4. The molecule has 0 aliphatic heterocycles. The molecular formula is C28H17F3N2O3. The second-order valence-electron chi connectivity index (χ2n) is 7.62. The van der Waals surface area contributed by atoms with Crippen molar-refractivity contribution in [2.45, 2.75) is 6.18 Å². The van der Waals surface area contributed by atoms with Gasteiger partial charge in [-0.3, -0.25) is 4.79 Å². The summed E-state index contributed by atoms with van der Waals surface area (Å²) in [5, 5.41) is 13.2. The van der Waals surface area contributed by atoms with Gasteiger partial charge in [-0.1, -0.05) is 66.7 Å². The topological polar surface area (TPSA) is 79.2 Å².